The van der Waals surface area contributed by atoms with Gasteiger partial charge in [-0.1, -0.05) is 26.1 Å². The average molecular weight is 277 g/mol. The van der Waals surface area contributed by atoms with Crippen molar-refractivity contribution < 1.29 is 9.90 Å². The molecule has 3 heterocycles. The van der Waals surface area contributed by atoms with E-state index in [1.165, 1.54) is 4.90 Å². The van der Waals surface area contributed by atoms with Crippen molar-refractivity contribution in [3.63, 3.8) is 0 Å². The van der Waals surface area contributed by atoms with Crippen LogP contribution in [0.3, 0.4) is 0 Å². The highest BCUT2D eigenvalue weighted by Crippen LogP contribution is 2.46. The molecule has 1 aromatic heterocycles. The molecule has 2 aliphatic rings. The minimum absolute atomic E-state index is 0.0692. The Bertz CT molecular complexity index is 603. The van der Waals surface area contributed by atoms with Gasteiger partial charge >= 0.3 is 0 Å². The first-order chi connectivity index (χ1) is 8.83. The van der Waals surface area contributed by atoms with E-state index in [-0.39, 0.29) is 11.8 Å². The maximum absolute atomic E-state index is 12.6. The number of aliphatic hydroxyl groups is 1. The fourth-order valence-corrected chi connectivity index (χ4v) is 3.27. The highest BCUT2D eigenvalue weighted by atomic mass is 32.1. The van der Waals surface area contributed by atoms with Gasteiger partial charge < -0.3 is 10.4 Å². The molecule has 1 saturated heterocycles. The van der Waals surface area contributed by atoms with E-state index in [4.69, 9.17) is 12.2 Å². The van der Waals surface area contributed by atoms with Gasteiger partial charge in [-0.15, -0.1) is 0 Å². The largest absolute Gasteiger partial charge is 0.349 e. The molecule has 3 rings (SSSR count). The second-order valence-corrected chi connectivity index (χ2v) is 5.88. The molecule has 0 spiro atoms. The van der Waals surface area contributed by atoms with Crippen LogP contribution in [0.15, 0.2) is 18.3 Å². The first-order valence-electron chi connectivity index (χ1n) is 6.18. The van der Waals surface area contributed by atoms with Crippen LogP contribution < -0.4 is 5.32 Å². The Kier molecular flexibility index (Phi) is 2.32. The van der Waals surface area contributed by atoms with E-state index in [1.54, 1.807) is 18.3 Å². The van der Waals surface area contributed by atoms with Crippen molar-refractivity contribution in [1.29, 1.82) is 0 Å². The van der Waals surface area contributed by atoms with Gasteiger partial charge in [0.05, 0.1) is 11.1 Å². The Labute approximate surface area is 116 Å². The van der Waals surface area contributed by atoms with Gasteiger partial charge in [0.2, 0.25) is 0 Å². The number of thiocarbonyl (C=S) groups is 1. The summed E-state index contributed by atoms with van der Waals surface area (Å²) in [5.41, 5.74) is 0.0283. The lowest BCUT2D eigenvalue weighted by Gasteiger charge is -2.38. The fraction of sp³-hybridized carbons (Fsp3) is 0.462. The molecule has 1 amide bonds. The molecule has 1 aromatic rings. The summed E-state index contributed by atoms with van der Waals surface area (Å²) in [5, 5.41) is 13.7. The predicted octanol–water partition coefficient (Wildman–Crippen LogP) is 0.985. The first kappa shape index (κ1) is 12.5. The van der Waals surface area contributed by atoms with Crippen LogP contribution in [-0.2, 0) is 5.85 Å². The number of hydrogen-bond acceptors (Lipinski definition) is 4. The molecule has 0 aliphatic carbocycles. The SMILES string of the molecule is CC(C)C1(C)C(=S)NC2(O)c3ncccc3C(=O)N21. The fourth-order valence-electron chi connectivity index (χ4n) is 2.80. The lowest BCUT2D eigenvalue weighted by atomic mass is 9.87. The normalized spacial score (nSPS) is 32.6. The lowest BCUT2D eigenvalue weighted by molar-refractivity contribution is -0.108. The van der Waals surface area contributed by atoms with Crippen LogP contribution in [0, 0.1) is 5.92 Å². The standard InChI is InChI=1S/C13H15N3O2S/c1-7(2)12(3)11(19)15-13(18)9-8(5-4-6-14-9)10(17)16(12)13/h4-7,18H,1-3H3,(H,15,19). The monoisotopic (exact) mass is 277 g/mol. The van der Waals surface area contributed by atoms with E-state index in [0.29, 0.717) is 16.2 Å². The predicted molar refractivity (Wildman–Crippen MR) is 73.3 cm³/mol. The summed E-state index contributed by atoms with van der Waals surface area (Å²) in [4.78, 5) is 18.6. The van der Waals surface area contributed by atoms with Crippen molar-refractivity contribution in [3.8, 4) is 0 Å². The van der Waals surface area contributed by atoms with Gasteiger partial charge in [0.1, 0.15) is 10.7 Å². The van der Waals surface area contributed by atoms with Crippen LogP contribution in [0.1, 0.15) is 36.8 Å². The van der Waals surface area contributed by atoms with Crippen LogP contribution in [0.4, 0.5) is 0 Å². The maximum Gasteiger partial charge on any atom is 0.266 e. The smallest absolute Gasteiger partial charge is 0.266 e. The molecule has 2 N–H and O–H groups in total. The number of carbonyl (C=O) groups excluding carboxylic acids is 1. The quantitative estimate of drug-likeness (QED) is 0.749. The summed E-state index contributed by atoms with van der Waals surface area (Å²) in [6.07, 6.45) is 1.56. The third kappa shape index (κ3) is 1.25. The number of carbonyl (C=O) groups is 1. The molecule has 19 heavy (non-hydrogen) atoms. The zero-order valence-corrected chi connectivity index (χ0v) is 11.8. The highest BCUT2D eigenvalue weighted by Gasteiger charge is 2.65. The molecule has 0 radical (unpaired) electrons. The summed E-state index contributed by atoms with van der Waals surface area (Å²) in [7, 11) is 0. The number of aromatic nitrogens is 1. The number of hydrogen-bond donors (Lipinski definition) is 2. The Morgan fingerprint density at radius 1 is 1.53 bits per heavy atom. The number of nitrogens with zero attached hydrogens (tertiary/aromatic N) is 2. The average Bonchev–Trinajstić information content (AvgIpc) is 2.71. The molecule has 100 valence electrons. The van der Waals surface area contributed by atoms with Crippen LogP contribution in [-0.4, -0.2) is 31.4 Å². The second kappa shape index (κ2) is 3.52. The first-order valence-corrected chi connectivity index (χ1v) is 6.59. The third-order valence-corrected chi connectivity index (χ3v) is 4.75. The molecule has 1 fully saturated rings. The van der Waals surface area contributed by atoms with E-state index in [1.807, 2.05) is 20.8 Å². The van der Waals surface area contributed by atoms with E-state index >= 15 is 0 Å². The Morgan fingerprint density at radius 2 is 2.21 bits per heavy atom. The molecule has 2 atom stereocenters. The van der Waals surface area contributed by atoms with Gasteiger partial charge in [-0.2, -0.15) is 0 Å². The molecule has 0 bridgehead atoms. The molecule has 0 saturated carbocycles. The van der Waals surface area contributed by atoms with E-state index in [0.717, 1.165) is 0 Å². The van der Waals surface area contributed by atoms with Crippen molar-refractivity contribution >= 4 is 23.1 Å². The van der Waals surface area contributed by atoms with Crippen molar-refractivity contribution in [2.45, 2.75) is 32.2 Å². The molecular weight excluding hydrogens is 262 g/mol. The molecule has 2 unspecified atom stereocenters. The highest BCUT2D eigenvalue weighted by molar-refractivity contribution is 7.80. The Balaban J connectivity index is 2.25. The second-order valence-electron chi connectivity index (χ2n) is 5.47. The summed E-state index contributed by atoms with van der Waals surface area (Å²) in [5.74, 6) is -1.79. The number of nitrogens with one attached hydrogen (secondary N) is 1. The summed E-state index contributed by atoms with van der Waals surface area (Å²) >= 11 is 5.35. The maximum atomic E-state index is 12.6. The zero-order valence-electron chi connectivity index (χ0n) is 11.0. The van der Waals surface area contributed by atoms with E-state index in [2.05, 4.69) is 10.3 Å². The molecule has 6 heteroatoms. The minimum Gasteiger partial charge on any atom is -0.349 e. The topological polar surface area (TPSA) is 65.5 Å². The van der Waals surface area contributed by atoms with Gasteiger partial charge in [-0.25, -0.2) is 0 Å². The van der Waals surface area contributed by atoms with Gasteiger partial charge in [-0.3, -0.25) is 14.7 Å². The summed E-state index contributed by atoms with van der Waals surface area (Å²) < 4.78 is 0. The van der Waals surface area contributed by atoms with Crippen LogP contribution >= 0.6 is 12.2 Å². The van der Waals surface area contributed by atoms with Gasteiger partial charge in [0.25, 0.3) is 11.8 Å². The van der Waals surface area contributed by atoms with Gasteiger partial charge in [-0.05, 0) is 25.0 Å². The van der Waals surface area contributed by atoms with Crippen molar-refractivity contribution in [1.82, 2.24) is 15.2 Å². The Hall–Kier alpha value is -1.53. The summed E-state index contributed by atoms with van der Waals surface area (Å²) in [6.45, 7) is 5.82. The zero-order chi connectivity index (χ0) is 14.0. The molecular formula is C13H15N3O2S. The minimum atomic E-state index is -1.62. The van der Waals surface area contributed by atoms with Crippen molar-refractivity contribution in [2.24, 2.45) is 5.92 Å². The van der Waals surface area contributed by atoms with Crippen LogP contribution in [0.25, 0.3) is 0 Å². The molecule has 0 aromatic carbocycles. The van der Waals surface area contributed by atoms with E-state index < -0.39 is 11.4 Å². The van der Waals surface area contributed by atoms with Crippen molar-refractivity contribution in [3.05, 3.63) is 29.6 Å². The lowest BCUT2D eigenvalue weighted by Crippen LogP contribution is -2.55. The third-order valence-electron chi connectivity index (χ3n) is 4.23. The number of pyridine rings is 1. The number of rotatable bonds is 1. The number of amides is 1. The van der Waals surface area contributed by atoms with Crippen molar-refractivity contribution in [2.75, 3.05) is 0 Å². The van der Waals surface area contributed by atoms with Crippen LogP contribution in [0.2, 0.25) is 0 Å². The molecule has 2 aliphatic heterocycles. The Morgan fingerprint density at radius 3 is 2.84 bits per heavy atom. The van der Waals surface area contributed by atoms with E-state index in [9.17, 15) is 9.90 Å². The van der Waals surface area contributed by atoms with Crippen LogP contribution in [0.5, 0.6) is 0 Å². The summed E-state index contributed by atoms with van der Waals surface area (Å²) in [6, 6.07) is 3.36. The number of fused-ring (bicyclic) bond motifs is 3. The van der Waals surface area contributed by atoms with Gasteiger partial charge in [0.15, 0.2) is 0 Å². The van der Waals surface area contributed by atoms with Gasteiger partial charge in [0, 0.05) is 6.20 Å². The molecule has 5 nitrogen and oxygen atoms in total.